The van der Waals surface area contributed by atoms with Gasteiger partial charge in [0, 0.05) is 40.6 Å². The molecule has 1 atom stereocenters. The first-order chi connectivity index (χ1) is 7.52. The van der Waals surface area contributed by atoms with Gasteiger partial charge in [-0.15, -0.1) is 0 Å². The summed E-state index contributed by atoms with van der Waals surface area (Å²) in [7, 11) is -0.888. The Morgan fingerprint density at radius 1 is 1.50 bits per heavy atom. The fraction of sp³-hybridized carbons (Fsp3) is 0.364. The van der Waals surface area contributed by atoms with E-state index in [1.165, 1.54) is 0 Å². The number of benzene rings is 1. The molecule has 0 bridgehead atoms. The van der Waals surface area contributed by atoms with Crippen LogP contribution >= 0.6 is 0 Å². The summed E-state index contributed by atoms with van der Waals surface area (Å²) in [6.07, 6.45) is 1.61. The van der Waals surface area contributed by atoms with Gasteiger partial charge in [0.05, 0.1) is 0 Å². The molecule has 1 unspecified atom stereocenters. The molecule has 16 heavy (non-hydrogen) atoms. The second kappa shape index (κ2) is 5.65. The molecule has 0 heterocycles. The van der Waals surface area contributed by atoms with Gasteiger partial charge >= 0.3 is 0 Å². The molecule has 0 aliphatic heterocycles. The van der Waals surface area contributed by atoms with Crippen LogP contribution in [0.25, 0.3) is 0 Å². The zero-order chi connectivity index (χ0) is 12.1. The van der Waals surface area contributed by atoms with Crippen LogP contribution < -0.4 is 11.1 Å². The first-order valence-electron chi connectivity index (χ1n) is 4.95. The van der Waals surface area contributed by atoms with Crippen LogP contribution in [0.4, 0.5) is 5.69 Å². The smallest absolute Gasteiger partial charge is 0.251 e. The lowest BCUT2D eigenvalue weighted by Gasteiger charge is -2.08. The SMILES string of the molecule is Cc1c(N)cccc1C(=O)NCCS(C)=O. The fourth-order valence-corrected chi connectivity index (χ4v) is 1.69. The van der Waals surface area contributed by atoms with E-state index < -0.39 is 10.8 Å². The molecule has 5 heteroatoms. The number of carbonyl (C=O) groups excluding carboxylic acids is 1. The van der Waals surface area contributed by atoms with Crippen LogP contribution in [-0.4, -0.2) is 28.7 Å². The third kappa shape index (κ3) is 3.34. The van der Waals surface area contributed by atoms with E-state index in [1.807, 2.05) is 6.92 Å². The number of hydrogen-bond donors (Lipinski definition) is 2. The maximum absolute atomic E-state index is 11.7. The van der Waals surface area contributed by atoms with Gasteiger partial charge in [-0.2, -0.15) is 0 Å². The zero-order valence-electron chi connectivity index (χ0n) is 9.45. The van der Waals surface area contributed by atoms with Crippen molar-refractivity contribution in [2.75, 3.05) is 24.3 Å². The quantitative estimate of drug-likeness (QED) is 0.760. The topological polar surface area (TPSA) is 72.2 Å². The predicted octanol–water partition coefficient (Wildman–Crippen LogP) is 0.686. The van der Waals surface area contributed by atoms with Gasteiger partial charge in [0.25, 0.3) is 5.91 Å². The van der Waals surface area contributed by atoms with Crippen molar-refractivity contribution < 1.29 is 9.00 Å². The Morgan fingerprint density at radius 3 is 2.81 bits per heavy atom. The third-order valence-corrected chi connectivity index (χ3v) is 3.07. The number of hydrogen-bond acceptors (Lipinski definition) is 3. The predicted molar refractivity (Wildman–Crippen MR) is 66.9 cm³/mol. The molecule has 1 aromatic rings. The lowest BCUT2D eigenvalue weighted by Crippen LogP contribution is -2.28. The largest absolute Gasteiger partial charge is 0.398 e. The number of rotatable bonds is 4. The summed E-state index contributed by atoms with van der Waals surface area (Å²) in [5.41, 5.74) is 7.66. The number of carbonyl (C=O) groups is 1. The van der Waals surface area contributed by atoms with Crippen molar-refractivity contribution in [3.8, 4) is 0 Å². The van der Waals surface area contributed by atoms with E-state index in [1.54, 1.807) is 24.5 Å². The highest BCUT2D eigenvalue weighted by Crippen LogP contribution is 2.14. The Kier molecular flexibility index (Phi) is 4.49. The molecule has 3 N–H and O–H groups in total. The Hall–Kier alpha value is -1.36. The van der Waals surface area contributed by atoms with Crippen molar-refractivity contribution in [2.45, 2.75) is 6.92 Å². The van der Waals surface area contributed by atoms with E-state index in [2.05, 4.69) is 5.32 Å². The highest BCUT2D eigenvalue weighted by Gasteiger charge is 2.09. The molecule has 0 saturated carbocycles. The molecule has 0 fully saturated rings. The van der Waals surface area contributed by atoms with Crippen LogP contribution in [0.2, 0.25) is 0 Å². The van der Waals surface area contributed by atoms with E-state index in [9.17, 15) is 9.00 Å². The fourth-order valence-electron chi connectivity index (χ4n) is 1.30. The minimum atomic E-state index is -0.888. The van der Waals surface area contributed by atoms with Crippen LogP contribution in [0.1, 0.15) is 15.9 Å². The van der Waals surface area contributed by atoms with Crippen LogP contribution in [-0.2, 0) is 10.8 Å². The highest BCUT2D eigenvalue weighted by molar-refractivity contribution is 7.84. The summed E-state index contributed by atoms with van der Waals surface area (Å²) in [6.45, 7) is 2.22. The molecule has 0 aliphatic rings. The van der Waals surface area contributed by atoms with Crippen molar-refractivity contribution in [1.82, 2.24) is 5.32 Å². The highest BCUT2D eigenvalue weighted by atomic mass is 32.2. The Balaban J connectivity index is 2.66. The van der Waals surface area contributed by atoms with Gasteiger partial charge in [0.15, 0.2) is 0 Å². The van der Waals surface area contributed by atoms with Gasteiger partial charge in [0.1, 0.15) is 0 Å². The molecule has 0 spiro atoms. The van der Waals surface area contributed by atoms with Gasteiger partial charge in [-0.05, 0) is 24.6 Å². The van der Waals surface area contributed by atoms with E-state index >= 15 is 0 Å². The Bertz CT molecular complexity index is 418. The molecule has 1 aromatic carbocycles. The molecular weight excluding hydrogens is 224 g/mol. The normalized spacial score (nSPS) is 12.1. The van der Waals surface area contributed by atoms with Crippen molar-refractivity contribution >= 4 is 22.4 Å². The summed E-state index contributed by atoms with van der Waals surface area (Å²) in [4.78, 5) is 11.7. The second-order valence-electron chi connectivity index (χ2n) is 3.55. The molecule has 4 nitrogen and oxygen atoms in total. The van der Waals surface area contributed by atoms with E-state index in [4.69, 9.17) is 5.73 Å². The Labute approximate surface area is 97.7 Å². The average molecular weight is 240 g/mol. The molecule has 0 saturated heterocycles. The summed E-state index contributed by atoms with van der Waals surface area (Å²) in [5.74, 6) is 0.294. The number of amides is 1. The maximum Gasteiger partial charge on any atom is 0.251 e. The summed E-state index contributed by atoms with van der Waals surface area (Å²) < 4.78 is 10.8. The van der Waals surface area contributed by atoms with Crippen LogP contribution in [0.3, 0.4) is 0 Å². The number of nitrogens with one attached hydrogen (secondary N) is 1. The average Bonchev–Trinajstić information content (AvgIpc) is 2.21. The minimum absolute atomic E-state index is 0.171. The molecule has 1 rings (SSSR count). The third-order valence-electron chi connectivity index (χ3n) is 2.30. The molecule has 0 aromatic heterocycles. The number of nitrogen functional groups attached to an aromatic ring is 1. The number of nitrogens with two attached hydrogens (primary N) is 1. The van der Waals surface area contributed by atoms with Crippen LogP contribution in [0.5, 0.6) is 0 Å². The standard InChI is InChI=1S/C11H16N2O2S/c1-8-9(4-3-5-10(8)12)11(14)13-6-7-16(2)15/h3-5H,6-7,12H2,1-2H3,(H,13,14). The van der Waals surface area contributed by atoms with Crippen LogP contribution in [0.15, 0.2) is 18.2 Å². The summed E-state index contributed by atoms with van der Waals surface area (Å²) in [5, 5.41) is 2.71. The van der Waals surface area contributed by atoms with Crippen molar-refractivity contribution in [2.24, 2.45) is 0 Å². The van der Waals surface area contributed by atoms with E-state index in [0.717, 1.165) is 5.56 Å². The second-order valence-corrected chi connectivity index (χ2v) is 5.11. The Morgan fingerprint density at radius 2 is 2.19 bits per heavy atom. The molecule has 0 radical (unpaired) electrons. The summed E-state index contributed by atoms with van der Waals surface area (Å²) >= 11 is 0. The van der Waals surface area contributed by atoms with Gasteiger partial charge < -0.3 is 11.1 Å². The molecule has 88 valence electrons. The first kappa shape index (κ1) is 12.7. The van der Waals surface area contributed by atoms with E-state index in [-0.39, 0.29) is 5.91 Å². The minimum Gasteiger partial charge on any atom is -0.398 e. The lowest BCUT2D eigenvalue weighted by atomic mass is 10.1. The van der Waals surface area contributed by atoms with Gasteiger partial charge in [-0.25, -0.2) is 0 Å². The molecular formula is C11H16N2O2S. The summed E-state index contributed by atoms with van der Waals surface area (Å²) in [6, 6.07) is 5.23. The van der Waals surface area contributed by atoms with Crippen molar-refractivity contribution in [3.63, 3.8) is 0 Å². The first-order valence-corrected chi connectivity index (χ1v) is 6.68. The van der Waals surface area contributed by atoms with Crippen molar-refractivity contribution in [1.29, 1.82) is 0 Å². The van der Waals surface area contributed by atoms with Crippen LogP contribution in [0, 0.1) is 6.92 Å². The van der Waals surface area contributed by atoms with Gasteiger partial charge in [-0.1, -0.05) is 6.07 Å². The number of anilines is 1. The maximum atomic E-state index is 11.7. The zero-order valence-corrected chi connectivity index (χ0v) is 10.3. The van der Waals surface area contributed by atoms with Gasteiger partial charge in [-0.3, -0.25) is 9.00 Å². The van der Waals surface area contributed by atoms with Crippen molar-refractivity contribution in [3.05, 3.63) is 29.3 Å². The molecule has 1 amide bonds. The monoisotopic (exact) mass is 240 g/mol. The molecule has 0 aliphatic carbocycles. The van der Waals surface area contributed by atoms with Gasteiger partial charge in [0.2, 0.25) is 0 Å². The van der Waals surface area contributed by atoms with E-state index in [0.29, 0.717) is 23.5 Å². The lowest BCUT2D eigenvalue weighted by molar-refractivity contribution is 0.0955.